The maximum absolute atomic E-state index is 12.6. The van der Waals surface area contributed by atoms with Crippen molar-refractivity contribution in [3.05, 3.63) is 47.7 Å². The summed E-state index contributed by atoms with van der Waals surface area (Å²) in [6.07, 6.45) is 2.98. The Morgan fingerprint density at radius 3 is 2.91 bits per heavy atom. The van der Waals surface area contributed by atoms with Crippen molar-refractivity contribution < 1.29 is 13.2 Å². The molecule has 0 amide bonds. The standard InChI is InChI=1S/C14H12ClN3O3S/c1-21-9-4-5-11(15)12(7-9)18-22(19,20)13-8-17-14-10(13)3-2-6-16-14/h2-8,18H,1H3,(H,16,17). The molecule has 8 heteroatoms. The van der Waals surface area contributed by atoms with Crippen molar-refractivity contribution in [2.24, 2.45) is 0 Å². The smallest absolute Gasteiger partial charge is 0.264 e. The van der Waals surface area contributed by atoms with E-state index in [1.165, 1.54) is 19.4 Å². The minimum atomic E-state index is -3.81. The molecule has 0 aliphatic rings. The van der Waals surface area contributed by atoms with Crippen molar-refractivity contribution in [2.75, 3.05) is 11.8 Å². The summed E-state index contributed by atoms with van der Waals surface area (Å²) in [4.78, 5) is 7.01. The number of fused-ring (bicyclic) bond motifs is 1. The van der Waals surface area contributed by atoms with Gasteiger partial charge < -0.3 is 9.72 Å². The van der Waals surface area contributed by atoms with E-state index in [4.69, 9.17) is 16.3 Å². The van der Waals surface area contributed by atoms with Crippen molar-refractivity contribution in [3.63, 3.8) is 0 Å². The summed E-state index contributed by atoms with van der Waals surface area (Å²) in [6, 6.07) is 8.09. The molecule has 3 rings (SSSR count). The lowest BCUT2D eigenvalue weighted by atomic mass is 10.3. The highest BCUT2D eigenvalue weighted by atomic mass is 35.5. The van der Waals surface area contributed by atoms with Gasteiger partial charge in [0.2, 0.25) is 0 Å². The van der Waals surface area contributed by atoms with Crippen LogP contribution < -0.4 is 9.46 Å². The first-order valence-electron chi connectivity index (χ1n) is 6.30. The van der Waals surface area contributed by atoms with E-state index in [2.05, 4.69) is 14.7 Å². The molecular weight excluding hydrogens is 326 g/mol. The number of nitrogens with one attached hydrogen (secondary N) is 2. The van der Waals surface area contributed by atoms with Gasteiger partial charge in [-0.05, 0) is 24.3 Å². The Balaban J connectivity index is 2.04. The summed E-state index contributed by atoms with van der Waals surface area (Å²) in [5.74, 6) is 0.502. The molecule has 0 aliphatic heterocycles. The summed E-state index contributed by atoms with van der Waals surface area (Å²) >= 11 is 6.04. The number of benzene rings is 1. The van der Waals surface area contributed by atoms with Gasteiger partial charge in [0.25, 0.3) is 10.0 Å². The molecule has 22 heavy (non-hydrogen) atoms. The molecule has 0 saturated heterocycles. The summed E-state index contributed by atoms with van der Waals surface area (Å²) in [6.45, 7) is 0. The minimum absolute atomic E-state index is 0.106. The topological polar surface area (TPSA) is 84.1 Å². The third kappa shape index (κ3) is 2.60. The number of hydrogen-bond donors (Lipinski definition) is 2. The molecule has 2 aromatic heterocycles. The van der Waals surface area contributed by atoms with Gasteiger partial charge in [-0.15, -0.1) is 0 Å². The molecule has 0 spiro atoms. The molecule has 0 fully saturated rings. The molecule has 3 aromatic rings. The quantitative estimate of drug-likeness (QED) is 0.766. The van der Waals surface area contributed by atoms with Crippen LogP contribution in [0.1, 0.15) is 0 Å². The van der Waals surface area contributed by atoms with Crippen molar-refractivity contribution in [1.29, 1.82) is 0 Å². The number of nitrogens with zero attached hydrogens (tertiary/aromatic N) is 1. The van der Waals surface area contributed by atoms with Crippen LogP contribution in [0.15, 0.2) is 47.6 Å². The van der Waals surface area contributed by atoms with Crippen molar-refractivity contribution in [2.45, 2.75) is 4.90 Å². The molecular formula is C14H12ClN3O3S. The van der Waals surface area contributed by atoms with Gasteiger partial charge in [-0.1, -0.05) is 11.6 Å². The molecule has 0 radical (unpaired) electrons. The van der Waals surface area contributed by atoms with Gasteiger partial charge in [-0.2, -0.15) is 0 Å². The van der Waals surface area contributed by atoms with E-state index >= 15 is 0 Å². The number of H-pyrrole nitrogens is 1. The van der Waals surface area contributed by atoms with Gasteiger partial charge in [0.05, 0.1) is 17.8 Å². The Morgan fingerprint density at radius 1 is 1.32 bits per heavy atom. The van der Waals surface area contributed by atoms with E-state index < -0.39 is 10.0 Å². The number of anilines is 1. The van der Waals surface area contributed by atoms with E-state index in [-0.39, 0.29) is 15.6 Å². The van der Waals surface area contributed by atoms with E-state index in [1.54, 1.807) is 30.5 Å². The van der Waals surface area contributed by atoms with Gasteiger partial charge in [-0.3, -0.25) is 4.72 Å². The summed E-state index contributed by atoms with van der Waals surface area (Å²) < 4.78 is 32.7. The molecule has 0 atom stereocenters. The fourth-order valence-corrected chi connectivity index (χ4v) is 3.52. The van der Waals surface area contributed by atoms with Gasteiger partial charge in [0.15, 0.2) is 0 Å². The lowest BCUT2D eigenvalue weighted by molar-refractivity contribution is 0.415. The van der Waals surface area contributed by atoms with Gasteiger partial charge in [0, 0.05) is 23.8 Å². The number of methoxy groups -OCH3 is 1. The van der Waals surface area contributed by atoms with Crippen molar-refractivity contribution in [3.8, 4) is 5.75 Å². The lowest BCUT2D eigenvalue weighted by Crippen LogP contribution is -2.13. The van der Waals surface area contributed by atoms with Crippen LogP contribution in [0.4, 0.5) is 5.69 Å². The molecule has 114 valence electrons. The third-order valence-electron chi connectivity index (χ3n) is 3.12. The summed E-state index contributed by atoms with van der Waals surface area (Å²) in [5.41, 5.74) is 0.749. The predicted octanol–water partition coefficient (Wildman–Crippen LogP) is 3.03. The first-order chi connectivity index (χ1) is 10.5. The first-order valence-corrected chi connectivity index (χ1v) is 8.16. The average molecular weight is 338 g/mol. The number of pyridine rings is 1. The Bertz CT molecular complexity index is 937. The highest BCUT2D eigenvalue weighted by molar-refractivity contribution is 7.93. The van der Waals surface area contributed by atoms with Crippen LogP contribution >= 0.6 is 11.6 Å². The third-order valence-corrected chi connectivity index (χ3v) is 4.86. The second-order valence-corrected chi connectivity index (χ2v) is 6.56. The number of aromatic nitrogens is 2. The molecule has 2 N–H and O–H groups in total. The lowest BCUT2D eigenvalue weighted by Gasteiger charge is -2.10. The van der Waals surface area contributed by atoms with Crippen LogP contribution in [-0.2, 0) is 10.0 Å². The number of ether oxygens (including phenoxy) is 1. The van der Waals surface area contributed by atoms with Crippen LogP contribution in [-0.4, -0.2) is 25.5 Å². The second kappa shape index (κ2) is 5.51. The number of rotatable bonds is 4. The van der Waals surface area contributed by atoms with E-state index in [1.807, 2.05) is 0 Å². The van der Waals surface area contributed by atoms with Gasteiger partial charge >= 0.3 is 0 Å². The molecule has 6 nitrogen and oxygen atoms in total. The fourth-order valence-electron chi connectivity index (χ4n) is 2.06. The molecule has 0 saturated carbocycles. The average Bonchev–Trinajstić information content (AvgIpc) is 2.94. The Labute approximate surface area is 132 Å². The fraction of sp³-hybridized carbons (Fsp3) is 0.0714. The Hall–Kier alpha value is -2.25. The van der Waals surface area contributed by atoms with Crippen LogP contribution in [0.2, 0.25) is 5.02 Å². The van der Waals surface area contributed by atoms with E-state index in [0.29, 0.717) is 16.8 Å². The first kappa shape index (κ1) is 14.7. The van der Waals surface area contributed by atoms with Crippen LogP contribution in [0.25, 0.3) is 11.0 Å². The number of aromatic amines is 1. The largest absolute Gasteiger partial charge is 0.497 e. The molecule has 2 heterocycles. The second-order valence-electron chi connectivity index (χ2n) is 4.50. The number of hydrogen-bond acceptors (Lipinski definition) is 4. The number of halogens is 1. The zero-order valence-electron chi connectivity index (χ0n) is 11.5. The van der Waals surface area contributed by atoms with Crippen molar-refractivity contribution >= 4 is 38.3 Å². The maximum Gasteiger partial charge on any atom is 0.264 e. The Kier molecular flexibility index (Phi) is 3.67. The van der Waals surface area contributed by atoms with Crippen molar-refractivity contribution in [1.82, 2.24) is 9.97 Å². The van der Waals surface area contributed by atoms with Gasteiger partial charge in [0.1, 0.15) is 16.3 Å². The highest BCUT2D eigenvalue weighted by Crippen LogP contribution is 2.30. The zero-order valence-corrected chi connectivity index (χ0v) is 13.1. The number of sulfonamides is 1. The monoisotopic (exact) mass is 337 g/mol. The van der Waals surface area contributed by atoms with Crippen LogP contribution in [0.3, 0.4) is 0 Å². The normalized spacial score (nSPS) is 11.5. The predicted molar refractivity (Wildman–Crippen MR) is 84.9 cm³/mol. The molecule has 1 aromatic carbocycles. The Morgan fingerprint density at radius 2 is 2.14 bits per heavy atom. The highest BCUT2D eigenvalue weighted by Gasteiger charge is 2.20. The summed E-state index contributed by atoms with van der Waals surface area (Å²) in [5, 5.41) is 0.788. The summed E-state index contributed by atoms with van der Waals surface area (Å²) in [7, 11) is -2.31. The van der Waals surface area contributed by atoms with Crippen LogP contribution in [0, 0.1) is 0 Å². The molecule has 0 bridgehead atoms. The van der Waals surface area contributed by atoms with E-state index in [9.17, 15) is 8.42 Å². The SMILES string of the molecule is COc1ccc(Cl)c(NS(=O)(=O)c2c[nH]c3ncccc23)c1. The van der Waals surface area contributed by atoms with Crippen LogP contribution in [0.5, 0.6) is 5.75 Å². The zero-order chi connectivity index (χ0) is 15.7. The minimum Gasteiger partial charge on any atom is -0.497 e. The van der Waals surface area contributed by atoms with Gasteiger partial charge in [-0.25, -0.2) is 13.4 Å². The molecule has 0 aliphatic carbocycles. The maximum atomic E-state index is 12.6. The molecule has 0 unspecified atom stereocenters. The van der Waals surface area contributed by atoms with E-state index in [0.717, 1.165) is 0 Å².